The normalized spacial score (nSPS) is 11.0. The van der Waals surface area contributed by atoms with Crippen LogP contribution in [0.25, 0.3) is 22.4 Å². The summed E-state index contributed by atoms with van der Waals surface area (Å²) in [5.41, 5.74) is 3.20. The van der Waals surface area contributed by atoms with Gasteiger partial charge in [0.1, 0.15) is 23.1 Å². The molecule has 0 radical (unpaired) electrons. The highest BCUT2D eigenvalue weighted by Crippen LogP contribution is 2.32. The van der Waals surface area contributed by atoms with Gasteiger partial charge in [0.2, 0.25) is 0 Å². The third-order valence-corrected chi connectivity index (χ3v) is 5.10. The molecule has 0 bridgehead atoms. The number of imidazole rings is 1. The van der Waals surface area contributed by atoms with Crippen LogP contribution < -0.4 is 9.47 Å². The van der Waals surface area contributed by atoms with E-state index in [1.165, 1.54) is 6.07 Å². The highest BCUT2D eigenvalue weighted by Gasteiger charge is 2.16. The van der Waals surface area contributed by atoms with E-state index >= 15 is 0 Å². The Labute approximate surface area is 170 Å². The predicted octanol–water partition coefficient (Wildman–Crippen LogP) is 5.67. The predicted molar refractivity (Wildman–Crippen MR) is 111 cm³/mol. The second-order valence-corrected chi connectivity index (χ2v) is 7.26. The molecular weight excluding hydrogens is 423 g/mol. The highest BCUT2D eigenvalue weighted by molar-refractivity contribution is 9.10. The van der Waals surface area contributed by atoms with Crippen LogP contribution in [0.4, 0.5) is 4.39 Å². The number of rotatable bonds is 5. The van der Waals surface area contributed by atoms with Gasteiger partial charge in [-0.1, -0.05) is 34.1 Å². The largest absolute Gasteiger partial charge is 0.497 e. The minimum absolute atomic E-state index is 0.263. The fourth-order valence-corrected chi connectivity index (χ4v) is 3.55. The molecule has 0 amide bonds. The van der Waals surface area contributed by atoms with Gasteiger partial charge in [0, 0.05) is 21.7 Å². The minimum Gasteiger partial charge on any atom is -0.497 e. The van der Waals surface area contributed by atoms with E-state index in [4.69, 9.17) is 14.5 Å². The van der Waals surface area contributed by atoms with Crippen LogP contribution in [-0.4, -0.2) is 23.8 Å². The molecule has 4 rings (SSSR count). The second kappa shape index (κ2) is 7.64. The van der Waals surface area contributed by atoms with Crippen molar-refractivity contribution < 1.29 is 13.9 Å². The first-order valence-corrected chi connectivity index (χ1v) is 9.51. The summed E-state index contributed by atoms with van der Waals surface area (Å²) in [5, 5.41) is 0. The number of hydrogen-bond donors (Lipinski definition) is 0. The van der Waals surface area contributed by atoms with E-state index in [1.807, 2.05) is 53.1 Å². The van der Waals surface area contributed by atoms with E-state index in [-0.39, 0.29) is 5.82 Å². The average Bonchev–Trinajstić information content (AvgIpc) is 3.08. The molecule has 28 heavy (non-hydrogen) atoms. The Kier molecular flexibility index (Phi) is 5.05. The summed E-state index contributed by atoms with van der Waals surface area (Å²) in [6.07, 6.45) is 0. The number of para-hydroxylation sites is 2. The molecule has 0 aliphatic heterocycles. The number of halogens is 2. The first-order chi connectivity index (χ1) is 13.6. The van der Waals surface area contributed by atoms with Gasteiger partial charge < -0.3 is 14.0 Å². The van der Waals surface area contributed by atoms with Gasteiger partial charge in [0.15, 0.2) is 0 Å². The summed E-state index contributed by atoms with van der Waals surface area (Å²) in [4.78, 5) is 4.80. The molecule has 6 heteroatoms. The quantitative estimate of drug-likeness (QED) is 0.401. The van der Waals surface area contributed by atoms with Crippen molar-refractivity contribution in [3.05, 3.63) is 76.5 Å². The van der Waals surface area contributed by atoms with Crippen molar-refractivity contribution >= 4 is 27.0 Å². The summed E-state index contributed by atoms with van der Waals surface area (Å²) >= 11 is 3.31. The maximum atomic E-state index is 14.5. The van der Waals surface area contributed by atoms with E-state index in [0.29, 0.717) is 28.1 Å². The van der Waals surface area contributed by atoms with Gasteiger partial charge in [0.05, 0.1) is 31.8 Å². The molecule has 1 heterocycles. The Morgan fingerprint density at radius 2 is 1.68 bits per heavy atom. The summed E-state index contributed by atoms with van der Waals surface area (Å²) in [6.45, 7) is 0.356. The fraction of sp³-hybridized carbons (Fsp3) is 0.136. The Bertz CT molecular complexity index is 1130. The molecule has 0 saturated heterocycles. The van der Waals surface area contributed by atoms with Crippen molar-refractivity contribution in [1.82, 2.24) is 9.55 Å². The van der Waals surface area contributed by atoms with Crippen LogP contribution in [-0.2, 0) is 6.54 Å². The maximum Gasteiger partial charge on any atom is 0.141 e. The molecule has 0 fully saturated rings. The molecule has 0 aliphatic rings. The topological polar surface area (TPSA) is 36.3 Å². The van der Waals surface area contributed by atoms with Crippen LogP contribution >= 0.6 is 15.9 Å². The molecule has 0 unspecified atom stereocenters. The van der Waals surface area contributed by atoms with Gasteiger partial charge >= 0.3 is 0 Å². The van der Waals surface area contributed by atoms with Gasteiger partial charge in [-0.2, -0.15) is 0 Å². The number of nitrogens with zero attached hydrogens (tertiary/aromatic N) is 2. The van der Waals surface area contributed by atoms with E-state index < -0.39 is 0 Å². The van der Waals surface area contributed by atoms with Crippen LogP contribution in [0.3, 0.4) is 0 Å². The number of ether oxygens (including phenoxy) is 2. The third-order valence-electron chi connectivity index (χ3n) is 4.61. The lowest BCUT2D eigenvalue weighted by molar-refractivity contribution is 0.394. The fourth-order valence-electron chi connectivity index (χ4n) is 3.21. The first kappa shape index (κ1) is 18.5. The summed E-state index contributed by atoms with van der Waals surface area (Å²) < 4.78 is 28.0. The maximum absolute atomic E-state index is 14.5. The summed E-state index contributed by atoms with van der Waals surface area (Å²) in [5.74, 6) is 1.80. The lowest BCUT2D eigenvalue weighted by Gasteiger charge is -2.12. The van der Waals surface area contributed by atoms with Crippen molar-refractivity contribution in [2.24, 2.45) is 0 Å². The standard InChI is InChI=1S/C22H18BrFN2O2/c1-27-17-9-15(10-18(12-17)28-2)22-25-20-5-3-4-6-21(20)26(22)13-14-7-8-16(23)11-19(14)24/h3-12H,13H2,1-2H3. The van der Waals surface area contributed by atoms with Crippen molar-refractivity contribution in [3.8, 4) is 22.9 Å². The minimum atomic E-state index is -0.263. The molecule has 1 aromatic heterocycles. The zero-order chi connectivity index (χ0) is 19.7. The molecule has 142 valence electrons. The van der Waals surface area contributed by atoms with Crippen LogP contribution in [0.1, 0.15) is 5.56 Å². The first-order valence-electron chi connectivity index (χ1n) is 8.71. The number of fused-ring (bicyclic) bond motifs is 1. The van der Waals surface area contributed by atoms with E-state index in [2.05, 4.69) is 15.9 Å². The van der Waals surface area contributed by atoms with Gasteiger partial charge in [0.25, 0.3) is 0 Å². The van der Waals surface area contributed by atoms with Crippen molar-refractivity contribution in [3.63, 3.8) is 0 Å². The number of methoxy groups -OCH3 is 2. The zero-order valence-corrected chi connectivity index (χ0v) is 17.0. The molecule has 0 saturated carbocycles. The second-order valence-electron chi connectivity index (χ2n) is 6.35. The monoisotopic (exact) mass is 440 g/mol. The molecule has 0 N–H and O–H groups in total. The van der Waals surface area contributed by atoms with Gasteiger partial charge in [-0.25, -0.2) is 9.37 Å². The van der Waals surface area contributed by atoms with Crippen LogP contribution in [0.15, 0.2) is 65.1 Å². The van der Waals surface area contributed by atoms with Crippen LogP contribution in [0, 0.1) is 5.82 Å². The van der Waals surface area contributed by atoms with Crippen LogP contribution in [0.2, 0.25) is 0 Å². The van der Waals surface area contributed by atoms with E-state index in [9.17, 15) is 4.39 Å². The zero-order valence-electron chi connectivity index (χ0n) is 15.4. The summed E-state index contributed by atoms with van der Waals surface area (Å²) in [7, 11) is 3.22. The molecule has 4 nitrogen and oxygen atoms in total. The molecular formula is C22H18BrFN2O2. The Hall–Kier alpha value is -2.86. The Morgan fingerprint density at radius 1 is 0.964 bits per heavy atom. The molecule has 4 aromatic rings. The SMILES string of the molecule is COc1cc(OC)cc(-c2nc3ccccc3n2Cc2ccc(Br)cc2F)c1. The van der Waals surface area contributed by atoms with Gasteiger partial charge in [-0.3, -0.25) is 0 Å². The van der Waals surface area contributed by atoms with E-state index in [1.54, 1.807) is 20.3 Å². The highest BCUT2D eigenvalue weighted by atomic mass is 79.9. The van der Waals surface area contributed by atoms with Gasteiger partial charge in [-0.15, -0.1) is 0 Å². The average molecular weight is 441 g/mol. The third kappa shape index (κ3) is 3.47. The molecule has 0 atom stereocenters. The lowest BCUT2D eigenvalue weighted by atomic mass is 10.1. The van der Waals surface area contributed by atoms with E-state index in [0.717, 1.165) is 22.4 Å². The number of hydrogen-bond acceptors (Lipinski definition) is 3. The Morgan fingerprint density at radius 3 is 2.36 bits per heavy atom. The van der Waals surface area contributed by atoms with Crippen molar-refractivity contribution in [2.75, 3.05) is 14.2 Å². The van der Waals surface area contributed by atoms with Crippen LogP contribution in [0.5, 0.6) is 11.5 Å². The van der Waals surface area contributed by atoms with Gasteiger partial charge in [-0.05, 0) is 36.4 Å². The smallest absolute Gasteiger partial charge is 0.141 e. The summed E-state index contributed by atoms with van der Waals surface area (Å²) in [6, 6.07) is 18.5. The lowest BCUT2D eigenvalue weighted by Crippen LogP contribution is -2.04. The molecule has 0 spiro atoms. The molecule has 0 aliphatic carbocycles. The number of benzene rings is 3. The Balaban J connectivity index is 1.91. The van der Waals surface area contributed by atoms with Crippen molar-refractivity contribution in [1.29, 1.82) is 0 Å². The number of aromatic nitrogens is 2. The molecule has 3 aromatic carbocycles. The van der Waals surface area contributed by atoms with Crippen molar-refractivity contribution in [2.45, 2.75) is 6.54 Å².